The predicted octanol–water partition coefficient (Wildman–Crippen LogP) is 3.23. The third-order valence-electron chi connectivity index (χ3n) is 6.48. The van der Waals surface area contributed by atoms with E-state index in [1.807, 2.05) is 60.9 Å². The Labute approximate surface area is 186 Å². The van der Waals surface area contributed by atoms with Crippen molar-refractivity contribution in [1.82, 2.24) is 14.7 Å². The average Bonchev–Trinajstić information content (AvgIpc) is 3.27. The maximum atomic E-state index is 13.6. The van der Waals surface area contributed by atoms with Gasteiger partial charge >= 0.3 is 6.03 Å². The number of imide groups is 1. The fraction of sp³-hybridized carbons (Fsp3) is 0.292. The van der Waals surface area contributed by atoms with Gasteiger partial charge in [-0.3, -0.25) is 19.5 Å². The first-order valence-corrected chi connectivity index (χ1v) is 10.6. The number of amides is 3. The smallest absolute Gasteiger partial charge is 0.328 e. The summed E-state index contributed by atoms with van der Waals surface area (Å²) >= 11 is 0. The number of hydrogen-bond donors (Lipinski definition) is 1. The van der Waals surface area contributed by atoms with Crippen molar-refractivity contribution in [1.29, 1.82) is 0 Å². The third-order valence-corrected chi connectivity index (χ3v) is 6.48. The molecule has 32 heavy (non-hydrogen) atoms. The zero-order chi connectivity index (χ0) is 22.7. The van der Waals surface area contributed by atoms with Gasteiger partial charge in [-0.15, -0.1) is 0 Å². The number of aromatic hydroxyl groups is 1. The monoisotopic (exact) mass is 431 g/mol. The van der Waals surface area contributed by atoms with Crippen LogP contribution in [0, 0.1) is 6.92 Å². The number of urea groups is 1. The van der Waals surface area contributed by atoms with Crippen LogP contribution in [0.25, 0.3) is 0 Å². The lowest BCUT2D eigenvalue weighted by molar-refractivity contribution is -0.137. The van der Waals surface area contributed by atoms with Crippen LogP contribution in [-0.4, -0.2) is 57.0 Å². The lowest BCUT2D eigenvalue weighted by Gasteiger charge is -2.40. The molecule has 3 aliphatic rings. The Bertz CT molecular complexity index is 1190. The first kappa shape index (κ1) is 20.1. The van der Waals surface area contributed by atoms with E-state index < -0.39 is 12.2 Å². The van der Waals surface area contributed by atoms with Gasteiger partial charge in [-0.1, -0.05) is 42.0 Å². The molecule has 2 aromatic carbocycles. The molecule has 0 radical (unpaired) electrons. The summed E-state index contributed by atoms with van der Waals surface area (Å²) in [4.78, 5) is 38.1. The molecule has 0 saturated carbocycles. The van der Waals surface area contributed by atoms with Gasteiger partial charge in [0.1, 0.15) is 5.75 Å². The minimum absolute atomic E-state index is 0.121. The van der Waals surface area contributed by atoms with Crippen LogP contribution >= 0.6 is 0 Å². The molecular formula is C24H25N5O3. The van der Waals surface area contributed by atoms with Crippen molar-refractivity contribution >= 4 is 23.6 Å². The molecule has 3 heterocycles. The number of aryl methyl sites for hydroxylation is 1. The number of aliphatic imine (C=N–C) groups is 1. The number of fused-ring (bicyclic) bond motifs is 3. The Morgan fingerprint density at radius 3 is 2.34 bits per heavy atom. The fourth-order valence-corrected chi connectivity index (χ4v) is 4.58. The van der Waals surface area contributed by atoms with Gasteiger partial charge in [-0.2, -0.15) is 0 Å². The van der Waals surface area contributed by atoms with Crippen molar-refractivity contribution in [2.45, 2.75) is 39.5 Å². The molecule has 3 aliphatic heterocycles. The predicted molar refractivity (Wildman–Crippen MR) is 121 cm³/mol. The molecular weight excluding hydrogens is 406 g/mol. The molecule has 1 saturated heterocycles. The van der Waals surface area contributed by atoms with Gasteiger partial charge in [-0.25, -0.2) is 9.79 Å². The number of guanidine groups is 1. The van der Waals surface area contributed by atoms with Crippen molar-refractivity contribution < 1.29 is 14.7 Å². The molecule has 1 N–H and O–H groups in total. The number of para-hydroxylation sites is 2. The lowest BCUT2D eigenvalue weighted by Crippen LogP contribution is -2.64. The zero-order valence-corrected chi connectivity index (χ0v) is 18.5. The molecule has 8 heteroatoms. The van der Waals surface area contributed by atoms with Crippen molar-refractivity contribution in [2.24, 2.45) is 4.99 Å². The van der Waals surface area contributed by atoms with Crippen LogP contribution in [0.4, 0.5) is 10.5 Å². The average molecular weight is 431 g/mol. The molecule has 0 aliphatic carbocycles. The second kappa shape index (κ2) is 7.12. The number of nitrogens with zero attached hydrogens (tertiary/aromatic N) is 5. The van der Waals surface area contributed by atoms with E-state index in [2.05, 4.69) is 0 Å². The summed E-state index contributed by atoms with van der Waals surface area (Å²) in [6, 6.07) is 13.8. The highest BCUT2D eigenvalue weighted by Crippen LogP contribution is 2.42. The van der Waals surface area contributed by atoms with E-state index in [4.69, 9.17) is 4.99 Å². The number of carbonyl (C=O) groups excluding carboxylic acids is 2. The second-order valence-electron chi connectivity index (χ2n) is 8.46. The van der Waals surface area contributed by atoms with Crippen LogP contribution in [0.15, 0.2) is 64.9 Å². The lowest BCUT2D eigenvalue weighted by atomic mass is 10.1. The summed E-state index contributed by atoms with van der Waals surface area (Å²) in [5.74, 6) is 0.390. The number of rotatable bonds is 3. The number of carbonyl (C=O) groups is 2. The highest BCUT2D eigenvalue weighted by Gasteiger charge is 2.56. The SMILES string of the molecule is CC1=C(C)N2C(=NC3C2C(=O)N(Cc2ccc(C)cc2)C(=O)N3C)N1c1ccccc1O. The molecule has 0 aromatic heterocycles. The normalized spacial score (nSPS) is 22.6. The van der Waals surface area contributed by atoms with Crippen LogP contribution in [0.1, 0.15) is 25.0 Å². The van der Waals surface area contributed by atoms with Crippen LogP contribution in [0.3, 0.4) is 0 Å². The highest BCUT2D eigenvalue weighted by atomic mass is 16.3. The van der Waals surface area contributed by atoms with Crippen molar-refractivity contribution in [2.75, 3.05) is 11.9 Å². The third kappa shape index (κ3) is 2.79. The van der Waals surface area contributed by atoms with Gasteiger partial charge in [0.15, 0.2) is 12.2 Å². The summed E-state index contributed by atoms with van der Waals surface area (Å²) in [7, 11) is 1.68. The van der Waals surface area contributed by atoms with Crippen molar-refractivity contribution in [3.8, 4) is 5.75 Å². The Morgan fingerprint density at radius 1 is 0.969 bits per heavy atom. The Morgan fingerprint density at radius 2 is 1.66 bits per heavy atom. The maximum absolute atomic E-state index is 13.6. The molecule has 1 fully saturated rings. The van der Waals surface area contributed by atoms with E-state index in [1.165, 1.54) is 9.80 Å². The fourth-order valence-electron chi connectivity index (χ4n) is 4.58. The summed E-state index contributed by atoms with van der Waals surface area (Å²) in [6.45, 7) is 6.07. The van der Waals surface area contributed by atoms with E-state index in [0.717, 1.165) is 22.5 Å². The minimum Gasteiger partial charge on any atom is -0.506 e. The molecule has 2 atom stereocenters. The zero-order valence-electron chi connectivity index (χ0n) is 18.5. The number of anilines is 1. The molecule has 8 nitrogen and oxygen atoms in total. The van der Waals surface area contributed by atoms with E-state index in [1.54, 1.807) is 25.2 Å². The molecule has 164 valence electrons. The second-order valence-corrected chi connectivity index (χ2v) is 8.46. The summed E-state index contributed by atoms with van der Waals surface area (Å²) in [6.07, 6.45) is -0.629. The quantitative estimate of drug-likeness (QED) is 0.807. The van der Waals surface area contributed by atoms with Crippen LogP contribution in [0.5, 0.6) is 5.75 Å². The summed E-state index contributed by atoms with van der Waals surface area (Å²) in [5, 5.41) is 10.4. The van der Waals surface area contributed by atoms with Gasteiger partial charge < -0.3 is 10.0 Å². The van der Waals surface area contributed by atoms with E-state index in [-0.39, 0.29) is 24.2 Å². The number of allylic oxidation sites excluding steroid dienone is 2. The molecule has 2 unspecified atom stereocenters. The van der Waals surface area contributed by atoms with Crippen LogP contribution in [0.2, 0.25) is 0 Å². The molecule has 0 bridgehead atoms. The van der Waals surface area contributed by atoms with Gasteiger partial charge in [0, 0.05) is 18.4 Å². The number of hydrogen-bond acceptors (Lipinski definition) is 6. The standard InChI is InChI=1S/C24H25N5O3/c1-14-9-11-17(12-10-14)13-27-22(31)20-21(26(4)24(27)32)25-23-28(15(2)16(3)29(20)23)18-7-5-6-8-19(18)30/h5-12,20-21,30H,13H2,1-4H3. The largest absolute Gasteiger partial charge is 0.506 e. The maximum Gasteiger partial charge on any atom is 0.328 e. The topological polar surface area (TPSA) is 79.7 Å². The van der Waals surface area contributed by atoms with Crippen LogP contribution in [-0.2, 0) is 11.3 Å². The minimum atomic E-state index is -0.649. The van der Waals surface area contributed by atoms with Gasteiger partial charge in [0.2, 0.25) is 5.96 Å². The summed E-state index contributed by atoms with van der Waals surface area (Å²) < 4.78 is 0. The van der Waals surface area contributed by atoms with Gasteiger partial charge in [0.05, 0.1) is 12.2 Å². The van der Waals surface area contributed by atoms with Crippen LogP contribution < -0.4 is 4.90 Å². The van der Waals surface area contributed by atoms with E-state index in [9.17, 15) is 14.7 Å². The molecule has 2 aromatic rings. The van der Waals surface area contributed by atoms with Gasteiger partial charge in [0.25, 0.3) is 5.91 Å². The molecule has 3 amide bonds. The Balaban J connectivity index is 1.52. The Hall–Kier alpha value is -3.81. The number of likely N-dealkylation sites (N-methyl/N-ethyl adjacent to an activating group) is 1. The van der Waals surface area contributed by atoms with E-state index in [0.29, 0.717) is 11.6 Å². The van der Waals surface area contributed by atoms with Gasteiger partial charge in [-0.05, 0) is 38.5 Å². The Kier molecular flexibility index (Phi) is 4.47. The molecule has 5 rings (SSSR count). The summed E-state index contributed by atoms with van der Waals surface area (Å²) in [5.41, 5.74) is 4.34. The first-order valence-electron chi connectivity index (χ1n) is 10.6. The first-order chi connectivity index (χ1) is 15.3. The van der Waals surface area contributed by atoms with Crippen molar-refractivity contribution in [3.05, 3.63) is 71.1 Å². The number of benzene rings is 2. The van der Waals surface area contributed by atoms with Crippen molar-refractivity contribution in [3.63, 3.8) is 0 Å². The highest BCUT2D eigenvalue weighted by molar-refractivity contribution is 6.10. The number of phenolic OH excluding ortho intramolecular Hbond substituents is 1. The van der Waals surface area contributed by atoms with E-state index >= 15 is 0 Å². The molecule has 0 spiro atoms. The number of phenols is 1.